The number of carbonyl (C=O) groups is 1. The van der Waals surface area contributed by atoms with Crippen molar-refractivity contribution < 1.29 is 18.0 Å². The second kappa shape index (κ2) is 5.11. The van der Waals surface area contributed by atoms with Crippen molar-refractivity contribution in [2.45, 2.75) is 19.5 Å². The molecule has 0 spiro atoms. The molecule has 0 amide bonds. The molecular weight excluding hydrogens is 269 g/mol. The molecule has 106 valence electrons. The van der Waals surface area contributed by atoms with Gasteiger partial charge in [0.2, 0.25) is 0 Å². The molecule has 0 unspecified atom stereocenters. The Balaban J connectivity index is 2.36. The van der Waals surface area contributed by atoms with Gasteiger partial charge in [-0.05, 0) is 17.7 Å². The molecule has 0 fully saturated rings. The number of benzene rings is 1. The minimum absolute atomic E-state index is 0.0385. The maximum Gasteiger partial charge on any atom is 0.416 e. The first-order valence-electron chi connectivity index (χ1n) is 5.98. The molecule has 0 radical (unpaired) electrons. The Hall–Kier alpha value is -2.11. The summed E-state index contributed by atoms with van der Waals surface area (Å²) >= 11 is 0. The Labute approximate surface area is 114 Å². The van der Waals surface area contributed by atoms with Gasteiger partial charge in [0.15, 0.2) is 5.78 Å². The van der Waals surface area contributed by atoms with Crippen molar-refractivity contribution in [3.05, 3.63) is 52.8 Å². The summed E-state index contributed by atoms with van der Waals surface area (Å²) in [5.41, 5.74) is 0.294. The van der Waals surface area contributed by atoms with Gasteiger partial charge < -0.3 is 0 Å². The minimum Gasteiger partial charge on any atom is -0.293 e. The Bertz CT molecular complexity index is 644. The number of ketones is 1. The molecule has 2 rings (SSSR count). The third-order valence-electron chi connectivity index (χ3n) is 2.99. The third-order valence-corrected chi connectivity index (χ3v) is 2.99. The van der Waals surface area contributed by atoms with Crippen LogP contribution in [0.15, 0.2) is 30.3 Å². The number of hydrogen-bond donors (Lipinski definition) is 0. The fraction of sp³-hybridized carbons (Fsp3) is 0.286. The first-order chi connectivity index (χ1) is 9.29. The highest BCUT2D eigenvalue weighted by Gasteiger charge is 2.33. The van der Waals surface area contributed by atoms with Gasteiger partial charge in [-0.25, -0.2) is 0 Å². The van der Waals surface area contributed by atoms with Gasteiger partial charge in [-0.3, -0.25) is 9.48 Å². The number of halogens is 3. The smallest absolute Gasteiger partial charge is 0.293 e. The van der Waals surface area contributed by atoms with Crippen molar-refractivity contribution >= 4 is 5.78 Å². The molecule has 0 aliphatic carbocycles. The average molecular weight is 282 g/mol. The van der Waals surface area contributed by atoms with Gasteiger partial charge in [0.05, 0.1) is 11.3 Å². The van der Waals surface area contributed by atoms with Crippen LogP contribution >= 0.6 is 0 Å². The normalized spacial score (nSPS) is 11.7. The summed E-state index contributed by atoms with van der Waals surface area (Å²) in [6, 6.07) is 6.90. The molecule has 1 heterocycles. The Morgan fingerprint density at radius 2 is 1.95 bits per heavy atom. The lowest BCUT2D eigenvalue weighted by molar-refractivity contribution is -0.138. The third kappa shape index (κ3) is 2.89. The topological polar surface area (TPSA) is 34.9 Å². The van der Waals surface area contributed by atoms with Gasteiger partial charge in [0, 0.05) is 20.4 Å². The zero-order chi connectivity index (χ0) is 14.9. The van der Waals surface area contributed by atoms with Gasteiger partial charge in [-0.2, -0.15) is 18.3 Å². The summed E-state index contributed by atoms with van der Waals surface area (Å²) in [5, 5.41) is 4.08. The Morgan fingerprint density at radius 3 is 2.50 bits per heavy atom. The molecule has 2 aromatic rings. The average Bonchev–Trinajstić information content (AvgIpc) is 2.69. The van der Waals surface area contributed by atoms with E-state index in [1.54, 1.807) is 13.1 Å². The summed E-state index contributed by atoms with van der Waals surface area (Å²) in [6.45, 7) is 1.39. The maximum absolute atomic E-state index is 12.9. The van der Waals surface area contributed by atoms with Gasteiger partial charge in [0.1, 0.15) is 5.69 Å². The predicted octanol–water partition coefficient (Wildman–Crippen LogP) is 3.23. The number of aryl methyl sites for hydroxylation is 1. The van der Waals surface area contributed by atoms with Crippen molar-refractivity contribution in [2.24, 2.45) is 7.05 Å². The number of carbonyl (C=O) groups excluding carboxylic acids is 1. The molecule has 3 nitrogen and oxygen atoms in total. The van der Waals surface area contributed by atoms with E-state index in [1.807, 2.05) is 0 Å². The van der Waals surface area contributed by atoms with E-state index in [-0.39, 0.29) is 17.8 Å². The summed E-state index contributed by atoms with van der Waals surface area (Å²) in [6.07, 6.45) is -4.36. The van der Waals surface area contributed by atoms with Crippen LogP contribution in [0.5, 0.6) is 0 Å². The first-order valence-corrected chi connectivity index (χ1v) is 5.98. The lowest BCUT2D eigenvalue weighted by Crippen LogP contribution is -2.09. The summed E-state index contributed by atoms with van der Waals surface area (Å²) < 4.78 is 40.0. The Morgan fingerprint density at radius 1 is 1.30 bits per heavy atom. The number of rotatable bonds is 3. The Kier molecular flexibility index (Phi) is 3.65. The summed E-state index contributed by atoms with van der Waals surface area (Å²) in [4.78, 5) is 11.3. The quantitative estimate of drug-likeness (QED) is 0.810. The van der Waals surface area contributed by atoms with Crippen LogP contribution in [-0.2, 0) is 19.6 Å². The predicted molar refractivity (Wildman–Crippen MR) is 67.5 cm³/mol. The van der Waals surface area contributed by atoms with Crippen molar-refractivity contribution in [3.8, 4) is 0 Å². The maximum atomic E-state index is 12.9. The standard InChI is InChI=1S/C14H13F3N2O/c1-9(20)13-8-11(18-19(13)2)7-10-5-3-4-6-12(10)14(15,16)17/h3-6,8H,7H2,1-2H3. The second-order valence-corrected chi connectivity index (χ2v) is 4.53. The van der Waals surface area contributed by atoms with Crippen molar-refractivity contribution in [1.29, 1.82) is 0 Å². The van der Waals surface area contributed by atoms with Gasteiger partial charge in [-0.15, -0.1) is 0 Å². The lowest BCUT2D eigenvalue weighted by atomic mass is 10.0. The number of Topliss-reactive ketones (excluding diaryl/α,β-unsaturated/α-hetero) is 1. The van der Waals surface area contributed by atoms with Gasteiger partial charge in [0.25, 0.3) is 0 Å². The fourth-order valence-corrected chi connectivity index (χ4v) is 2.09. The second-order valence-electron chi connectivity index (χ2n) is 4.53. The van der Waals surface area contributed by atoms with Gasteiger partial charge in [-0.1, -0.05) is 18.2 Å². The highest BCUT2D eigenvalue weighted by Crippen LogP contribution is 2.32. The number of aromatic nitrogens is 2. The van der Waals surface area contributed by atoms with E-state index >= 15 is 0 Å². The van der Waals surface area contributed by atoms with Crippen molar-refractivity contribution in [2.75, 3.05) is 0 Å². The lowest BCUT2D eigenvalue weighted by Gasteiger charge is -2.11. The molecule has 1 aromatic carbocycles. The SMILES string of the molecule is CC(=O)c1cc(Cc2ccccc2C(F)(F)F)nn1C. The van der Waals surface area contributed by atoms with E-state index < -0.39 is 11.7 Å². The van der Waals surface area contributed by atoms with Crippen LogP contribution in [0.1, 0.15) is 34.2 Å². The first kappa shape index (κ1) is 14.3. The van der Waals surface area contributed by atoms with E-state index in [0.29, 0.717) is 11.4 Å². The molecule has 0 saturated heterocycles. The molecule has 6 heteroatoms. The van der Waals surface area contributed by atoms with Crippen molar-refractivity contribution in [3.63, 3.8) is 0 Å². The largest absolute Gasteiger partial charge is 0.416 e. The van der Waals surface area contributed by atoms with Crippen LogP contribution in [0.2, 0.25) is 0 Å². The van der Waals surface area contributed by atoms with E-state index in [1.165, 1.54) is 29.8 Å². The highest BCUT2D eigenvalue weighted by molar-refractivity contribution is 5.92. The molecule has 0 bridgehead atoms. The minimum atomic E-state index is -4.39. The molecular formula is C14H13F3N2O. The van der Waals surface area contributed by atoms with Crippen LogP contribution in [0.4, 0.5) is 13.2 Å². The van der Waals surface area contributed by atoms with Crippen LogP contribution in [-0.4, -0.2) is 15.6 Å². The number of hydrogen-bond acceptors (Lipinski definition) is 2. The zero-order valence-electron chi connectivity index (χ0n) is 11.0. The number of nitrogens with zero attached hydrogens (tertiary/aromatic N) is 2. The van der Waals surface area contributed by atoms with E-state index in [0.717, 1.165) is 6.07 Å². The highest BCUT2D eigenvalue weighted by atomic mass is 19.4. The molecule has 0 saturated carbocycles. The summed E-state index contributed by atoms with van der Waals surface area (Å²) in [5.74, 6) is -0.171. The van der Waals surface area contributed by atoms with Crippen LogP contribution in [0.3, 0.4) is 0 Å². The molecule has 20 heavy (non-hydrogen) atoms. The van der Waals surface area contributed by atoms with Crippen molar-refractivity contribution in [1.82, 2.24) is 9.78 Å². The molecule has 0 atom stereocenters. The van der Waals surface area contributed by atoms with E-state index in [9.17, 15) is 18.0 Å². The van der Waals surface area contributed by atoms with Crippen LogP contribution in [0, 0.1) is 0 Å². The number of alkyl halides is 3. The van der Waals surface area contributed by atoms with Crippen LogP contribution < -0.4 is 0 Å². The van der Waals surface area contributed by atoms with E-state index in [4.69, 9.17) is 0 Å². The molecule has 0 aliphatic rings. The molecule has 0 aliphatic heterocycles. The summed E-state index contributed by atoms with van der Waals surface area (Å²) in [7, 11) is 1.59. The molecule has 1 aromatic heterocycles. The van der Waals surface area contributed by atoms with E-state index in [2.05, 4.69) is 5.10 Å². The fourth-order valence-electron chi connectivity index (χ4n) is 2.09. The monoisotopic (exact) mass is 282 g/mol. The molecule has 0 N–H and O–H groups in total. The zero-order valence-corrected chi connectivity index (χ0v) is 11.0. The van der Waals surface area contributed by atoms with Gasteiger partial charge >= 0.3 is 6.18 Å². The van der Waals surface area contributed by atoms with Crippen LogP contribution in [0.25, 0.3) is 0 Å².